The third-order valence-electron chi connectivity index (χ3n) is 3.21. The fraction of sp³-hybridized carbons (Fsp3) is 0.267. The molecule has 0 saturated carbocycles. The summed E-state index contributed by atoms with van der Waals surface area (Å²) in [6.07, 6.45) is 0.324. The van der Waals surface area contributed by atoms with E-state index in [9.17, 15) is 14.4 Å². The summed E-state index contributed by atoms with van der Waals surface area (Å²) in [5.74, 6) is -0.933. The minimum Gasteiger partial charge on any atom is -0.426 e. The summed E-state index contributed by atoms with van der Waals surface area (Å²) in [6, 6.07) is 4.65. The molecule has 0 saturated heterocycles. The molecule has 0 aromatic heterocycles. The van der Waals surface area contributed by atoms with E-state index in [-0.39, 0.29) is 35.0 Å². The summed E-state index contributed by atoms with van der Waals surface area (Å²) < 4.78 is 5.03. The molecule has 0 spiro atoms. The number of hydrogen-bond acceptors (Lipinski definition) is 5. The van der Waals surface area contributed by atoms with E-state index in [1.54, 1.807) is 19.1 Å². The van der Waals surface area contributed by atoms with Crippen LogP contribution < -0.4 is 10.5 Å². The van der Waals surface area contributed by atoms with E-state index in [0.29, 0.717) is 17.6 Å². The monoisotopic (exact) mass is 273 g/mol. The number of carbonyl (C=O) groups excluding carboxylic acids is 3. The first kappa shape index (κ1) is 14.1. The minimum atomic E-state index is -0.537. The largest absolute Gasteiger partial charge is 0.426 e. The lowest BCUT2D eigenvalue weighted by atomic mass is 9.83. The normalized spacial score (nSPS) is 14.3. The number of carbonyl (C=O) groups is 3. The molecule has 2 rings (SSSR count). The van der Waals surface area contributed by atoms with E-state index in [1.807, 2.05) is 0 Å². The Morgan fingerprint density at radius 2 is 1.95 bits per heavy atom. The van der Waals surface area contributed by atoms with Crippen molar-refractivity contribution in [3.05, 3.63) is 40.5 Å². The smallest absolute Gasteiger partial charge is 0.308 e. The minimum absolute atomic E-state index is 0.121. The van der Waals surface area contributed by atoms with Crippen LogP contribution in [0.4, 0.5) is 0 Å². The van der Waals surface area contributed by atoms with Crippen LogP contribution in [0.5, 0.6) is 5.75 Å². The maximum Gasteiger partial charge on any atom is 0.308 e. The number of ketones is 2. The molecule has 0 atom stereocenters. The van der Waals surface area contributed by atoms with Crippen molar-refractivity contribution >= 4 is 17.5 Å². The maximum absolute atomic E-state index is 12.5. The van der Waals surface area contributed by atoms with Gasteiger partial charge in [0.2, 0.25) is 0 Å². The predicted molar refractivity (Wildman–Crippen MR) is 72.8 cm³/mol. The number of Topliss-reactive ketones (excluding diaryl/α,β-unsaturated/α-hetero) is 2. The molecule has 1 aromatic rings. The lowest BCUT2D eigenvalue weighted by Crippen LogP contribution is -2.23. The molecule has 2 N–H and O–H groups in total. The Balaban J connectivity index is 2.61. The second kappa shape index (κ2) is 5.38. The van der Waals surface area contributed by atoms with Crippen LogP contribution in [-0.4, -0.2) is 24.1 Å². The number of nitrogens with two attached hydrogens (primary N) is 1. The van der Waals surface area contributed by atoms with Gasteiger partial charge in [-0.05, 0) is 26.0 Å². The van der Waals surface area contributed by atoms with Crippen LogP contribution in [0, 0.1) is 0 Å². The molecule has 0 amide bonds. The number of ether oxygens (including phenoxy) is 1. The van der Waals surface area contributed by atoms with Crippen molar-refractivity contribution in [3.63, 3.8) is 0 Å². The first-order chi connectivity index (χ1) is 9.47. The Morgan fingerprint density at radius 1 is 1.25 bits per heavy atom. The van der Waals surface area contributed by atoms with Crippen molar-refractivity contribution in [2.45, 2.75) is 20.3 Å². The zero-order valence-electron chi connectivity index (χ0n) is 11.4. The fourth-order valence-corrected chi connectivity index (χ4v) is 2.30. The van der Waals surface area contributed by atoms with Crippen LogP contribution in [0.2, 0.25) is 0 Å². The Kier molecular flexibility index (Phi) is 3.81. The average Bonchev–Trinajstić information content (AvgIpc) is 2.40. The summed E-state index contributed by atoms with van der Waals surface area (Å²) in [5.41, 5.74) is 6.71. The Hall–Kier alpha value is -2.27. The second-order valence-corrected chi connectivity index (χ2v) is 4.57. The topological polar surface area (TPSA) is 86.5 Å². The molecule has 0 fully saturated rings. The molecule has 1 aromatic carbocycles. The summed E-state index contributed by atoms with van der Waals surface area (Å²) in [5, 5.41) is 0. The SMILES string of the molecule is CC(=O)Oc1cccc2c1C(=O)C(CCN)=C(C)C2=O. The van der Waals surface area contributed by atoms with Crippen molar-refractivity contribution < 1.29 is 19.1 Å². The number of allylic oxidation sites excluding steroid dienone is 1. The molecule has 5 heteroatoms. The third-order valence-corrected chi connectivity index (χ3v) is 3.21. The molecule has 5 nitrogen and oxygen atoms in total. The van der Waals surface area contributed by atoms with E-state index in [0.717, 1.165) is 0 Å². The molecular formula is C15H15NO4. The van der Waals surface area contributed by atoms with Gasteiger partial charge < -0.3 is 10.5 Å². The van der Waals surface area contributed by atoms with Crippen LogP contribution in [0.25, 0.3) is 0 Å². The van der Waals surface area contributed by atoms with Crippen molar-refractivity contribution in [1.82, 2.24) is 0 Å². The summed E-state index contributed by atoms with van der Waals surface area (Å²) >= 11 is 0. The van der Waals surface area contributed by atoms with Gasteiger partial charge in [0.15, 0.2) is 11.6 Å². The van der Waals surface area contributed by atoms with Gasteiger partial charge in [-0.1, -0.05) is 12.1 Å². The number of rotatable bonds is 3. The van der Waals surface area contributed by atoms with E-state index >= 15 is 0 Å². The molecule has 0 radical (unpaired) electrons. The number of hydrogen-bond donors (Lipinski definition) is 1. The quantitative estimate of drug-likeness (QED) is 0.668. The highest BCUT2D eigenvalue weighted by molar-refractivity contribution is 6.27. The maximum atomic E-state index is 12.5. The van der Waals surface area contributed by atoms with E-state index in [1.165, 1.54) is 13.0 Å². The first-order valence-electron chi connectivity index (χ1n) is 6.28. The van der Waals surface area contributed by atoms with Crippen molar-refractivity contribution in [3.8, 4) is 5.75 Å². The van der Waals surface area contributed by atoms with Crippen molar-refractivity contribution in [1.29, 1.82) is 0 Å². The van der Waals surface area contributed by atoms with Gasteiger partial charge in [0.05, 0.1) is 5.56 Å². The molecular weight excluding hydrogens is 258 g/mol. The molecule has 0 aliphatic heterocycles. The van der Waals surface area contributed by atoms with Crippen LogP contribution >= 0.6 is 0 Å². The van der Waals surface area contributed by atoms with Crippen LogP contribution in [0.3, 0.4) is 0 Å². The number of esters is 1. The van der Waals surface area contributed by atoms with Crippen LogP contribution in [-0.2, 0) is 4.79 Å². The molecule has 0 unspecified atom stereocenters. The fourth-order valence-electron chi connectivity index (χ4n) is 2.30. The van der Waals surface area contributed by atoms with E-state index in [2.05, 4.69) is 0 Å². The molecule has 20 heavy (non-hydrogen) atoms. The first-order valence-corrected chi connectivity index (χ1v) is 6.28. The van der Waals surface area contributed by atoms with Gasteiger partial charge in [0.25, 0.3) is 0 Å². The number of fused-ring (bicyclic) bond motifs is 1. The zero-order valence-corrected chi connectivity index (χ0v) is 11.4. The predicted octanol–water partition coefficient (Wildman–Crippen LogP) is 1.66. The molecule has 1 aliphatic rings. The van der Waals surface area contributed by atoms with Crippen LogP contribution in [0.15, 0.2) is 29.3 Å². The van der Waals surface area contributed by atoms with Gasteiger partial charge in [-0.2, -0.15) is 0 Å². The molecule has 1 aliphatic carbocycles. The van der Waals surface area contributed by atoms with E-state index in [4.69, 9.17) is 10.5 Å². The highest BCUT2D eigenvalue weighted by Crippen LogP contribution is 2.33. The molecule has 0 bridgehead atoms. The van der Waals surface area contributed by atoms with Crippen molar-refractivity contribution in [2.75, 3.05) is 6.54 Å². The van der Waals surface area contributed by atoms with Gasteiger partial charge in [0, 0.05) is 23.6 Å². The Morgan fingerprint density at radius 3 is 2.55 bits per heavy atom. The third kappa shape index (κ3) is 2.28. The molecule has 0 heterocycles. The van der Waals surface area contributed by atoms with Crippen LogP contribution in [0.1, 0.15) is 41.0 Å². The van der Waals surface area contributed by atoms with E-state index < -0.39 is 5.97 Å². The van der Waals surface area contributed by atoms with Gasteiger partial charge in [0.1, 0.15) is 5.75 Å². The lowest BCUT2D eigenvalue weighted by Gasteiger charge is -2.20. The Labute approximate surface area is 116 Å². The van der Waals surface area contributed by atoms with Gasteiger partial charge in [-0.15, -0.1) is 0 Å². The highest BCUT2D eigenvalue weighted by atomic mass is 16.5. The zero-order chi connectivity index (χ0) is 14.9. The lowest BCUT2D eigenvalue weighted by molar-refractivity contribution is -0.131. The second-order valence-electron chi connectivity index (χ2n) is 4.57. The summed E-state index contributed by atoms with van der Waals surface area (Å²) in [4.78, 5) is 35.9. The van der Waals surface area contributed by atoms with Gasteiger partial charge in [-0.25, -0.2) is 0 Å². The van der Waals surface area contributed by atoms with Gasteiger partial charge >= 0.3 is 5.97 Å². The average molecular weight is 273 g/mol. The Bertz CT molecular complexity index is 643. The number of benzene rings is 1. The van der Waals surface area contributed by atoms with Gasteiger partial charge in [-0.3, -0.25) is 14.4 Å². The summed E-state index contributed by atoms with van der Waals surface area (Å²) in [7, 11) is 0. The van der Waals surface area contributed by atoms with Crippen molar-refractivity contribution in [2.24, 2.45) is 5.73 Å². The molecule has 104 valence electrons. The summed E-state index contributed by atoms with van der Waals surface area (Å²) in [6.45, 7) is 3.14. The standard InChI is InChI=1S/C15H15NO4/c1-8-10(6-7-16)15(19)13-11(14(8)18)4-3-5-12(13)20-9(2)17/h3-5H,6-7,16H2,1-2H3. The highest BCUT2D eigenvalue weighted by Gasteiger charge is 2.32.